The summed E-state index contributed by atoms with van der Waals surface area (Å²) in [6.07, 6.45) is 1.17. The van der Waals surface area contributed by atoms with Crippen LogP contribution in [0.25, 0.3) is 10.9 Å². The SMILES string of the molecule is CCNC(=O)Oc1c[nH]c2ccc(Cl)cc12. The van der Waals surface area contributed by atoms with E-state index in [-0.39, 0.29) is 0 Å². The number of hydrogen-bond acceptors (Lipinski definition) is 2. The minimum absolute atomic E-state index is 0.469. The molecule has 0 fully saturated rings. The number of hydrogen-bond donors (Lipinski definition) is 2. The van der Waals surface area contributed by atoms with Gasteiger partial charge >= 0.3 is 6.09 Å². The van der Waals surface area contributed by atoms with Gasteiger partial charge in [-0.2, -0.15) is 0 Å². The lowest BCUT2D eigenvalue weighted by Crippen LogP contribution is -2.26. The number of fused-ring (bicyclic) bond motifs is 1. The molecule has 2 aromatic rings. The molecule has 84 valence electrons. The van der Waals surface area contributed by atoms with Crippen LogP contribution in [0.3, 0.4) is 0 Å². The first kappa shape index (κ1) is 10.8. The number of aromatic nitrogens is 1. The van der Waals surface area contributed by atoms with Gasteiger partial charge < -0.3 is 15.0 Å². The molecule has 1 aromatic heterocycles. The normalized spacial score (nSPS) is 10.4. The van der Waals surface area contributed by atoms with Crippen molar-refractivity contribution in [3.63, 3.8) is 0 Å². The van der Waals surface area contributed by atoms with Crippen LogP contribution < -0.4 is 10.1 Å². The Kier molecular flexibility index (Phi) is 3.01. The Morgan fingerprint density at radius 2 is 2.38 bits per heavy atom. The van der Waals surface area contributed by atoms with Crippen LogP contribution in [0.4, 0.5) is 4.79 Å². The van der Waals surface area contributed by atoms with Crippen molar-refractivity contribution in [2.75, 3.05) is 6.54 Å². The van der Waals surface area contributed by atoms with Gasteiger partial charge in [0.15, 0.2) is 5.75 Å². The molecular formula is C11H11ClN2O2. The smallest absolute Gasteiger partial charge is 0.408 e. The van der Waals surface area contributed by atoms with Gasteiger partial charge in [0.25, 0.3) is 0 Å². The lowest BCUT2D eigenvalue weighted by molar-refractivity contribution is 0.201. The molecule has 0 unspecified atom stereocenters. The van der Waals surface area contributed by atoms with Crippen molar-refractivity contribution in [1.82, 2.24) is 10.3 Å². The van der Waals surface area contributed by atoms with Crippen molar-refractivity contribution in [3.8, 4) is 5.75 Å². The molecule has 0 atom stereocenters. The van der Waals surface area contributed by atoms with E-state index in [9.17, 15) is 4.79 Å². The van der Waals surface area contributed by atoms with Crippen molar-refractivity contribution in [2.24, 2.45) is 0 Å². The second-order valence-electron chi connectivity index (χ2n) is 3.26. The molecule has 5 heteroatoms. The van der Waals surface area contributed by atoms with Gasteiger partial charge in [0.05, 0.1) is 0 Å². The molecule has 0 spiro atoms. The van der Waals surface area contributed by atoms with Crippen molar-refractivity contribution < 1.29 is 9.53 Å². The third-order valence-electron chi connectivity index (χ3n) is 2.13. The average molecular weight is 239 g/mol. The Morgan fingerprint density at radius 3 is 3.12 bits per heavy atom. The van der Waals surface area contributed by atoms with Crippen LogP contribution >= 0.6 is 11.6 Å². The number of H-pyrrole nitrogens is 1. The van der Waals surface area contributed by atoms with Crippen LogP contribution in [-0.4, -0.2) is 17.6 Å². The standard InChI is InChI=1S/C11H11ClN2O2/c1-2-13-11(15)16-10-6-14-9-4-3-7(12)5-8(9)10/h3-6,14H,2H2,1H3,(H,13,15). The summed E-state index contributed by atoms with van der Waals surface area (Å²) in [5, 5.41) is 3.95. The van der Waals surface area contributed by atoms with E-state index < -0.39 is 6.09 Å². The van der Waals surface area contributed by atoms with E-state index in [4.69, 9.17) is 16.3 Å². The quantitative estimate of drug-likeness (QED) is 0.845. The molecule has 4 nitrogen and oxygen atoms in total. The predicted octanol–water partition coefficient (Wildman–Crippen LogP) is 2.93. The van der Waals surface area contributed by atoms with Crippen LogP contribution in [0.5, 0.6) is 5.75 Å². The minimum Gasteiger partial charge on any atom is -0.408 e. The molecule has 0 aliphatic carbocycles. The number of carbonyl (C=O) groups excluding carboxylic acids is 1. The Labute approximate surface area is 97.5 Å². The fraction of sp³-hybridized carbons (Fsp3) is 0.182. The zero-order valence-corrected chi connectivity index (χ0v) is 9.47. The van der Waals surface area contributed by atoms with Gasteiger partial charge in [-0.1, -0.05) is 11.6 Å². The highest BCUT2D eigenvalue weighted by Crippen LogP contribution is 2.27. The molecule has 0 saturated heterocycles. The minimum atomic E-state index is -0.469. The number of carbonyl (C=O) groups is 1. The van der Waals surface area contributed by atoms with Crippen molar-refractivity contribution in [3.05, 3.63) is 29.4 Å². The Bertz CT molecular complexity index is 522. The Hall–Kier alpha value is -1.68. The van der Waals surface area contributed by atoms with Crippen molar-refractivity contribution in [1.29, 1.82) is 0 Å². The van der Waals surface area contributed by atoms with Gasteiger partial charge in [-0.3, -0.25) is 0 Å². The van der Waals surface area contributed by atoms with E-state index in [1.54, 1.807) is 18.3 Å². The summed E-state index contributed by atoms with van der Waals surface area (Å²) in [7, 11) is 0. The number of benzene rings is 1. The zero-order chi connectivity index (χ0) is 11.5. The lowest BCUT2D eigenvalue weighted by atomic mass is 10.2. The average Bonchev–Trinajstić information content (AvgIpc) is 2.61. The number of aromatic amines is 1. The van der Waals surface area contributed by atoms with E-state index in [2.05, 4.69) is 10.3 Å². The van der Waals surface area contributed by atoms with E-state index >= 15 is 0 Å². The van der Waals surface area contributed by atoms with E-state index in [1.165, 1.54) is 0 Å². The van der Waals surface area contributed by atoms with Gasteiger partial charge in [-0.05, 0) is 25.1 Å². The Morgan fingerprint density at radius 1 is 1.56 bits per heavy atom. The largest absolute Gasteiger partial charge is 0.412 e. The van der Waals surface area contributed by atoms with Gasteiger partial charge in [0, 0.05) is 28.7 Å². The molecule has 2 rings (SSSR count). The second kappa shape index (κ2) is 4.45. The van der Waals surface area contributed by atoms with Gasteiger partial charge in [0.1, 0.15) is 0 Å². The molecule has 0 saturated carbocycles. The number of halogens is 1. The topological polar surface area (TPSA) is 54.1 Å². The lowest BCUT2D eigenvalue weighted by Gasteiger charge is -2.02. The third-order valence-corrected chi connectivity index (χ3v) is 2.36. The Balaban J connectivity index is 2.30. The molecule has 0 aliphatic heterocycles. The van der Waals surface area contributed by atoms with Crippen LogP contribution in [0.15, 0.2) is 24.4 Å². The fourth-order valence-electron chi connectivity index (χ4n) is 1.43. The maximum atomic E-state index is 11.3. The van der Waals surface area contributed by atoms with Crippen molar-refractivity contribution in [2.45, 2.75) is 6.92 Å². The number of amides is 1. The van der Waals surface area contributed by atoms with E-state index in [0.717, 1.165) is 10.9 Å². The summed E-state index contributed by atoms with van der Waals surface area (Å²) in [5.74, 6) is 0.475. The number of rotatable bonds is 2. The monoisotopic (exact) mass is 238 g/mol. The van der Waals surface area contributed by atoms with Gasteiger partial charge in [0.2, 0.25) is 0 Å². The molecule has 1 aromatic carbocycles. The highest BCUT2D eigenvalue weighted by Gasteiger charge is 2.09. The molecule has 0 radical (unpaired) electrons. The van der Waals surface area contributed by atoms with Crippen LogP contribution in [-0.2, 0) is 0 Å². The zero-order valence-electron chi connectivity index (χ0n) is 8.71. The fourth-order valence-corrected chi connectivity index (χ4v) is 1.60. The van der Waals surface area contributed by atoms with E-state index in [1.807, 2.05) is 13.0 Å². The van der Waals surface area contributed by atoms with Crippen LogP contribution in [0.2, 0.25) is 5.02 Å². The maximum Gasteiger partial charge on any atom is 0.412 e. The first-order valence-corrected chi connectivity index (χ1v) is 5.31. The highest BCUT2D eigenvalue weighted by atomic mass is 35.5. The van der Waals surface area contributed by atoms with Crippen molar-refractivity contribution >= 4 is 28.6 Å². The third kappa shape index (κ3) is 2.12. The highest BCUT2D eigenvalue weighted by molar-refractivity contribution is 6.31. The number of nitrogens with one attached hydrogen (secondary N) is 2. The maximum absolute atomic E-state index is 11.3. The predicted molar refractivity (Wildman–Crippen MR) is 63.0 cm³/mol. The number of ether oxygens (including phenoxy) is 1. The summed E-state index contributed by atoms with van der Waals surface area (Å²) in [6, 6.07) is 5.36. The summed E-state index contributed by atoms with van der Waals surface area (Å²) in [4.78, 5) is 14.3. The molecule has 1 amide bonds. The van der Waals surface area contributed by atoms with Gasteiger partial charge in [-0.25, -0.2) is 4.79 Å². The molecule has 0 bridgehead atoms. The van der Waals surface area contributed by atoms with Crippen LogP contribution in [0.1, 0.15) is 6.92 Å². The molecule has 2 N–H and O–H groups in total. The summed E-state index contributed by atoms with van der Waals surface area (Å²) >= 11 is 5.88. The first-order chi connectivity index (χ1) is 7.70. The molecule has 1 heterocycles. The van der Waals surface area contributed by atoms with Gasteiger partial charge in [-0.15, -0.1) is 0 Å². The summed E-state index contributed by atoms with van der Waals surface area (Å²) in [6.45, 7) is 2.36. The van der Waals surface area contributed by atoms with E-state index in [0.29, 0.717) is 17.3 Å². The first-order valence-electron chi connectivity index (χ1n) is 4.93. The molecular weight excluding hydrogens is 228 g/mol. The van der Waals surface area contributed by atoms with Crippen LogP contribution in [0, 0.1) is 0 Å². The summed E-state index contributed by atoms with van der Waals surface area (Å²) < 4.78 is 5.12. The molecule has 16 heavy (non-hydrogen) atoms. The molecule has 0 aliphatic rings. The summed E-state index contributed by atoms with van der Waals surface area (Å²) in [5.41, 5.74) is 0.878. The second-order valence-corrected chi connectivity index (χ2v) is 3.70.